The van der Waals surface area contributed by atoms with Gasteiger partial charge in [0.1, 0.15) is 5.82 Å². The zero-order valence-corrected chi connectivity index (χ0v) is 16.9. The number of piperazine rings is 1. The molecule has 1 saturated heterocycles. The monoisotopic (exact) mass is 395 g/mol. The third kappa shape index (κ3) is 7.44. The van der Waals surface area contributed by atoms with Crippen LogP contribution in [-0.2, 0) is 11.2 Å². The Morgan fingerprint density at radius 2 is 1.69 bits per heavy atom. The molecule has 0 unspecified atom stereocenters. The molecule has 3 rings (SSSR count). The van der Waals surface area contributed by atoms with Gasteiger partial charge in [0.25, 0.3) is 0 Å². The highest BCUT2D eigenvalue weighted by molar-refractivity contribution is 5.76. The van der Waals surface area contributed by atoms with E-state index in [0.717, 1.165) is 51.3 Å². The van der Waals surface area contributed by atoms with Gasteiger partial charge in [0.15, 0.2) is 0 Å². The predicted molar refractivity (Wildman–Crippen MR) is 116 cm³/mol. The molecule has 1 fully saturated rings. The highest BCUT2D eigenvalue weighted by atomic mass is 19.1. The molecule has 0 radical (unpaired) electrons. The number of carbonyl (C=O) groups excluding carboxylic acids is 1. The summed E-state index contributed by atoms with van der Waals surface area (Å²) < 4.78 is 12.9. The normalized spacial score (nSPS) is 15.1. The summed E-state index contributed by atoms with van der Waals surface area (Å²) >= 11 is 0. The number of benzene rings is 2. The summed E-state index contributed by atoms with van der Waals surface area (Å²) in [6, 6.07) is 16.9. The van der Waals surface area contributed by atoms with Gasteiger partial charge < -0.3 is 10.2 Å². The third-order valence-electron chi connectivity index (χ3n) is 5.22. The first-order valence-corrected chi connectivity index (χ1v) is 10.4. The highest BCUT2D eigenvalue weighted by Crippen LogP contribution is 2.06. The Labute approximate surface area is 173 Å². The van der Waals surface area contributed by atoms with Gasteiger partial charge in [0, 0.05) is 45.7 Å². The molecule has 2 aromatic carbocycles. The van der Waals surface area contributed by atoms with Gasteiger partial charge in [-0.3, -0.25) is 9.69 Å². The van der Waals surface area contributed by atoms with Crippen LogP contribution in [0.5, 0.6) is 0 Å². The van der Waals surface area contributed by atoms with Crippen molar-refractivity contribution < 1.29 is 9.18 Å². The van der Waals surface area contributed by atoms with Crippen LogP contribution < -0.4 is 5.32 Å². The molecule has 1 aliphatic rings. The highest BCUT2D eigenvalue weighted by Gasteiger charge is 2.19. The SMILES string of the molecule is O=C(CCNCCc1ccc(F)cc1)N1CCN(C/C=C/c2ccccc2)CC1. The minimum Gasteiger partial charge on any atom is -0.340 e. The Bertz CT molecular complexity index is 768. The van der Waals surface area contributed by atoms with E-state index in [1.165, 1.54) is 17.7 Å². The van der Waals surface area contributed by atoms with E-state index >= 15 is 0 Å². The molecule has 154 valence electrons. The first kappa shape index (κ1) is 21.2. The van der Waals surface area contributed by atoms with Gasteiger partial charge in [0.05, 0.1) is 0 Å². The number of carbonyl (C=O) groups is 1. The summed E-state index contributed by atoms with van der Waals surface area (Å²) in [6.45, 7) is 5.83. The lowest BCUT2D eigenvalue weighted by atomic mass is 10.1. The molecule has 4 nitrogen and oxygen atoms in total. The Kier molecular flexibility index (Phi) is 8.40. The van der Waals surface area contributed by atoms with E-state index in [4.69, 9.17) is 0 Å². The predicted octanol–water partition coefficient (Wildman–Crippen LogP) is 3.21. The quantitative estimate of drug-likeness (QED) is 0.663. The van der Waals surface area contributed by atoms with E-state index in [9.17, 15) is 9.18 Å². The van der Waals surface area contributed by atoms with Crippen molar-refractivity contribution in [2.45, 2.75) is 12.8 Å². The zero-order chi connectivity index (χ0) is 20.3. The van der Waals surface area contributed by atoms with Crippen molar-refractivity contribution in [1.82, 2.24) is 15.1 Å². The number of nitrogens with one attached hydrogen (secondary N) is 1. The molecule has 2 aromatic rings. The van der Waals surface area contributed by atoms with Crippen LogP contribution in [0.15, 0.2) is 60.7 Å². The molecule has 0 atom stereocenters. The smallest absolute Gasteiger partial charge is 0.223 e. The average molecular weight is 396 g/mol. The second-order valence-corrected chi connectivity index (χ2v) is 7.37. The van der Waals surface area contributed by atoms with Crippen LogP contribution in [0.3, 0.4) is 0 Å². The molecule has 0 aliphatic carbocycles. The van der Waals surface area contributed by atoms with Crippen LogP contribution in [0.2, 0.25) is 0 Å². The van der Waals surface area contributed by atoms with Crippen molar-refractivity contribution in [3.05, 3.63) is 77.6 Å². The molecule has 1 N–H and O–H groups in total. The van der Waals surface area contributed by atoms with Crippen LogP contribution in [0.4, 0.5) is 4.39 Å². The van der Waals surface area contributed by atoms with E-state index in [1.54, 1.807) is 12.1 Å². The second kappa shape index (κ2) is 11.5. The fraction of sp³-hybridized carbons (Fsp3) is 0.375. The number of hydrogen-bond donors (Lipinski definition) is 1. The molecule has 0 bridgehead atoms. The standard InChI is InChI=1S/C24H30FN3O/c25-23-10-8-22(9-11-23)12-14-26-15-13-24(29)28-19-17-27(18-20-28)16-4-7-21-5-2-1-3-6-21/h1-11,26H,12-20H2/b7-4+. The topological polar surface area (TPSA) is 35.6 Å². The minimum absolute atomic E-state index is 0.209. The molecule has 0 saturated carbocycles. The molecular weight excluding hydrogens is 365 g/mol. The van der Waals surface area contributed by atoms with Gasteiger partial charge in [-0.1, -0.05) is 54.6 Å². The fourth-order valence-electron chi connectivity index (χ4n) is 3.44. The molecule has 1 aliphatic heterocycles. The zero-order valence-electron chi connectivity index (χ0n) is 16.9. The van der Waals surface area contributed by atoms with Crippen LogP contribution >= 0.6 is 0 Å². The largest absolute Gasteiger partial charge is 0.340 e. The first-order valence-electron chi connectivity index (χ1n) is 10.4. The number of amides is 1. The maximum absolute atomic E-state index is 12.9. The lowest BCUT2D eigenvalue weighted by Gasteiger charge is -2.34. The summed E-state index contributed by atoms with van der Waals surface area (Å²) in [7, 11) is 0. The molecule has 1 amide bonds. The number of nitrogens with zero attached hydrogens (tertiary/aromatic N) is 2. The van der Waals surface area contributed by atoms with Crippen molar-refractivity contribution in [2.75, 3.05) is 45.8 Å². The molecule has 1 heterocycles. The van der Waals surface area contributed by atoms with Crippen molar-refractivity contribution in [1.29, 1.82) is 0 Å². The van der Waals surface area contributed by atoms with Crippen LogP contribution in [-0.4, -0.2) is 61.5 Å². The van der Waals surface area contributed by atoms with Gasteiger partial charge in [-0.05, 0) is 36.2 Å². The van der Waals surface area contributed by atoms with E-state index in [1.807, 2.05) is 23.1 Å². The number of rotatable bonds is 9. The summed E-state index contributed by atoms with van der Waals surface area (Å²) in [5.41, 5.74) is 2.32. The Hall–Kier alpha value is -2.50. The van der Waals surface area contributed by atoms with Crippen molar-refractivity contribution in [3.8, 4) is 0 Å². The van der Waals surface area contributed by atoms with Gasteiger partial charge in [0.2, 0.25) is 5.91 Å². The van der Waals surface area contributed by atoms with E-state index in [-0.39, 0.29) is 11.7 Å². The molecule has 5 heteroatoms. The number of hydrogen-bond acceptors (Lipinski definition) is 3. The maximum atomic E-state index is 12.9. The van der Waals surface area contributed by atoms with Gasteiger partial charge in [-0.15, -0.1) is 0 Å². The summed E-state index contributed by atoms with van der Waals surface area (Å²) in [6.07, 6.45) is 5.70. The second-order valence-electron chi connectivity index (χ2n) is 7.37. The van der Waals surface area contributed by atoms with Crippen LogP contribution in [0, 0.1) is 5.82 Å². The fourth-order valence-corrected chi connectivity index (χ4v) is 3.44. The molecular formula is C24H30FN3O. The summed E-state index contributed by atoms with van der Waals surface area (Å²) in [5, 5.41) is 3.31. The van der Waals surface area contributed by atoms with Crippen molar-refractivity contribution in [3.63, 3.8) is 0 Å². The van der Waals surface area contributed by atoms with Gasteiger partial charge in [-0.25, -0.2) is 4.39 Å². The Balaban J connectivity index is 1.26. The third-order valence-corrected chi connectivity index (χ3v) is 5.22. The molecule has 0 spiro atoms. The maximum Gasteiger partial charge on any atom is 0.223 e. The van der Waals surface area contributed by atoms with Crippen molar-refractivity contribution in [2.24, 2.45) is 0 Å². The summed E-state index contributed by atoms with van der Waals surface area (Å²) in [4.78, 5) is 16.7. The molecule has 29 heavy (non-hydrogen) atoms. The Morgan fingerprint density at radius 3 is 2.41 bits per heavy atom. The van der Waals surface area contributed by atoms with Gasteiger partial charge in [-0.2, -0.15) is 0 Å². The van der Waals surface area contributed by atoms with Gasteiger partial charge >= 0.3 is 0 Å². The first-order chi connectivity index (χ1) is 14.2. The molecule has 0 aromatic heterocycles. The number of halogens is 1. The summed E-state index contributed by atoms with van der Waals surface area (Å²) in [5.74, 6) is 0.0124. The Morgan fingerprint density at radius 1 is 0.966 bits per heavy atom. The van der Waals surface area contributed by atoms with Crippen molar-refractivity contribution >= 4 is 12.0 Å². The lowest BCUT2D eigenvalue weighted by molar-refractivity contribution is -0.132. The van der Waals surface area contributed by atoms with E-state index in [0.29, 0.717) is 13.0 Å². The van der Waals surface area contributed by atoms with Crippen LogP contribution in [0.25, 0.3) is 6.08 Å². The van der Waals surface area contributed by atoms with E-state index < -0.39 is 0 Å². The lowest BCUT2D eigenvalue weighted by Crippen LogP contribution is -2.49. The van der Waals surface area contributed by atoms with Crippen LogP contribution in [0.1, 0.15) is 17.5 Å². The average Bonchev–Trinajstić information content (AvgIpc) is 2.76. The van der Waals surface area contributed by atoms with E-state index in [2.05, 4.69) is 34.5 Å². The minimum atomic E-state index is -0.209.